The molecule has 3 heterocycles. The SMILES string of the molecule is COc1ccc(CN(C)Cc2nc3scc(-c4ccco4)c3c(=O)[nH]2)cc1F. The molecule has 0 unspecified atom stereocenters. The average Bonchev–Trinajstić information content (AvgIpc) is 3.31. The van der Waals surface area contributed by atoms with Crippen LogP contribution in [0.25, 0.3) is 21.5 Å². The number of benzene rings is 1. The number of furan rings is 1. The predicted molar refractivity (Wildman–Crippen MR) is 106 cm³/mol. The Balaban J connectivity index is 1.55. The number of aromatic amines is 1. The Morgan fingerprint density at radius 2 is 2.18 bits per heavy atom. The third kappa shape index (κ3) is 3.56. The van der Waals surface area contributed by atoms with E-state index in [9.17, 15) is 9.18 Å². The molecule has 28 heavy (non-hydrogen) atoms. The molecule has 0 aliphatic carbocycles. The van der Waals surface area contributed by atoms with Crippen LogP contribution in [0.3, 0.4) is 0 Å². The van der Waals surface area contributed by atoms with Crippen molar-refractivity contribution >= 4 is 21.6 Å². The molecule has 1 aromatic carbocycles. The summed E-state index contributed by atoms with van der Waals surface area (Å²) in [5, 5.41) is 2.41. The van der Waals surface area contributed by atoms with Crippen LogP contribution in [-0.2, 0) is 13.1 Å². The van der Waals surface area contributed by atoms with E-state index in [2.05, 4.69) is 9.97 Å². The first kappa shape index (κ1) is 18.4. The molecule has 1 N–H and O–H groups in total. The minimum Gasteiger partial charge on any atom is -0.494 e. The maximum absolute atomic E-state index is 13.9. The van der Waals surface area contributed by atoms with Gasteiger partial charge in [0.05, 0.1) is 25.3 Å². The van der Waals surface area contributed by atoms with Gasteiger partial charge in [-0.3, -0.25) is 9.69 Å². The summed E-state index contributed by atoms with van der Waals surface area (Å²) in [6.45, 7) is 0.928. The average molecular weight is 399 g/mol. The van der Waals surface area contributed by atoms with Gasteiger partial charge in [0.15, 0.2) is 11.6 Å². The van der Waals surface area contributed by atoms with Gasteiger partial charge < -0.3 is 14.1 Å². The Bertz CT molecular complexity index is 1170. The standard InChI is InChI=1S/C20H18FN3O3S/c1-24(9-12-5-6-16(26-2)14(21)8-12)10-17-22-19(25)18-13(11-28-20(18)23-17)15-4-3-7-27-15/h3-8,11H,9-10H2,1-2H3,(H,22,23,25). The van der Waals surface area contributed by atoms with Crippen LogP contribution in [0.1, 0.15) is 11.4 Å². The smallest absolute Gasteiger partial charge is 0.260 e. The number of methoxy groups -OCH3 is 1. The lowest BCUT2D eigenvalue weighted by molar-refractivity contribution is 0.309. The number of rotatable bonds is 6. The van der Waals surface area contributed by atoms with Gasteiger partial charge in [-0.2, -0.15) is 0 Å². The molecular formula is C20H18FN3O3S. The number of aromatic nitrogens is 2. The van der Waals surface area contributed by atoms with Crippen molar-refractivity contribution in [2.24, 2.45) is 0 Å². The largest absolute Gasteiger partial charge is 0.494 e. The zero-order valence-corrected chi connectivity index (χ0v) is 16.2. The van der Waals surface area contributed by atoms with E-state index < -0.39 is 5.82 Å². The first-order valence-electron chi connectivity index (χ1n) is 8.60. The number of ether oxygens (including phenoxy) is 1. The van der Waals surface area contributed by atoms with Crippen molar-refractivity contribution in [2.45, 2.75) is 13.1 Å². The van der Waals surface area contributed by atoms with E-state index in [0.717, 1.165) is 11.1 Å². The highest BCUT2D eigenvalue weighted by Gasteiger charge is 2.15. The van der Waals surface area contributed by atoms with Crippen molar-refractivity contribution in [3.8, 4) is 17.1 Å². The molecule has 0 atom stereocenters. The summed E-state index contributed by atoms with van der Waals surface area (Å²) >= 11 is 1.40. The molecule has 6 nitrogen and oxygen atoms in total. The van der Waals surface area contributed by atoms with Gasteiger partial charge in [-0.1, -0.05) is 6.07 Å². The fourth-order valence-corrected chi connectivity index (χ4v) is 4.06. The van der Waals surface area contributed by atoms with E-state index in [1.807, 2.05) is 29.5 Å². The van der Waals surface area contributed by atoms with Gasteiger partial charge in [0, 0.05) is 17.5 Å². The van der Waals surface area contributed by atoms with Gasteiger partial charge in [-0.15, -0.1) is 11.3 Å². The van der Waals surface area contributed by atoms with Crippen molar-refractivity contribution in [3.63, 3.8) is 0 Å². The van der Waals surface area contributed by atoms with E-state index in [0.29, 0.717) is 34.9 Å². The minimum atomic E-state index is -0.398. The zero-order chi connectivity index (χ0) is 19.7. The van der Waals surface area contributed by atoms with Gasteiger partial charge in [-0.05, 0) is 36.9 Å². The van der Waals surface area contributed by atoms with E-state index >= 15 is 0 Å². The molecule has 0 spiro atoms. The Morgan fingerprint density at radius 1 is 1.32 bits per heavy atom. The molecular weight excluding hydrogens is 381 g/mol. The van der Waals surface area contributed by atoms with Crippen LogP contribution in [0, 0.1) is 5.82 Å². The first-order valence-corrected chi connectivity index (χ1v) is 9.48. The van der Waals surface area contributed by atoms with Crippen LogP contribution < -0.4 is 10.3 Å². The van der Waals surface area contributed by atoms with Gasteiger partial charge in [0.25, 0.3) is 5.56 Å². The quantitative estimate of drug-likeness (QED) is 0.530. The van der Waals surface area contributed by atoms with Gasteiger partial charge in [0.2, 0.25) is 0 Å². The van der Waals surface area contributed by atoms with Crippen LogP contribution in [-0.4, -0.2) is 29.0 Å². The third-order valence-corrected chi connectivity index (χ3v) is 5.24. The number of hydrogen-bond donors (Lipinski definition) is 1. The summed E-state index contributed by atoms with van der Waals surface area (Å²) in [4.78, 5) is 22.7. The molecule has 8 heteroatoms. The summed E-state index contributed by atoms with van der Waals surface area (Å²) in [6, 6.07) is 8.46. The van der Waals surface area contributed by atoms with Crippen molar-refractivity contribution in [2.75, 3.05) is 14.2 Å². The van der Waals surface area contributed by atoms with Crippen LogP contribution in [0.2, 0.25) is 0 Å². The van der Waals surface area contributed by atoms with Gasteiger partial charge in [0.1, 0.15) is 16.4 Å². The number of fused-ring (bicyclic) bond motifs is 1. The lowest BCUT2D eigenvalue weighted by atomic mass is 10.2. The fourth-order valence-electron chi connectivity index (χ4n) is 3.11. The molecule has 0 amide bonds. The Morgan fingerprint density at radius 3 is 2.89 bits per heavy atom. The van der Waals surface area contributed by atoms with Crippen molar-refractivity contribution in [1.29, 1.82) is 0 Å². The molecule has 0 saturated carbocycles. The number of H-pyrrole nitrogens is 1. The molecule has 0 aliphatic rings. The minimum absolute atomic E-state index is 0.198. The maximum Gasteiger partial charge on any atom is 0.260 e. The second-order valence-electron chi connectivity index (χ2n) is 6.46. The monoisotopic (exact) mass is 399 g/mol. The fraction of sp³-hybridized carbons (Fsp3) is 0.200. The van der Waals surface area contributed by atoms with Crippen molar-refractivity contribution in [1.82, 2.24) is 14.9 Å². The first-order chi connectivity index (χ1) is 13.5. The van der Waals surface area contributed by atoms with Crippen molar-refractivity contribution in [3.05, 3.63) is 69.5 Å². The molecule has 0 radical (unpaired) electrons. The Hall–Kier alpha value is -2.97. The van der Waals surface area contributed by atoms with E-state index in [4.69, 9.17) is 9.15 Å². The molecule has 4 aromatic rings. The topological polar surface area (TPSA) is 71.4 Å². The van der Waals surface area contributed by atoms with Crippen molar-refractivity contribution < 1.29 is 13.5 Å². The van der Waals surface area contributed by atoms with Crippen LogP contribution >= 0.6 is 11.3 Å². The second-order valence-corrected chi connectivity index (χ2v) is 7.32. The maximum atomic E-state index is 13.9. The molecule has 0 saturated heterocycles. The van der Waals surface area contributed by atoms with Crippen LogP contribution in [0.5, 0.6) is 5.75 Å². The highest BCUT2D eigenvalue weighted by Crippen LogP contribution is 2.30. The van der Waals surface area contributed by atoms with Gasteiger partial charge >= 0.3 is 0 Å². The molecule has 0 fully saturated rings. The third-order valence-electron chi connectivity index (χ3n) is 4.37. The van der Waals surface area contributed by atoms with Gasteiger partial charge in [-0.25, -0.2) is 9.37 Å². The highest BCUT2D eigenvalue weighted by molar-refractivity contribution is 7.17. The van der Waals surface area contributed by atoms with E-state index in [-0.39, 0.29) is 11.3 Å². The molecule has 0 aliphatic heterocycles. The summed E-state index contributed by atoms with van der Waals surface area (Å²) in [5.41, 5.74) is 1.35. The van der Waals surface area contributed by atoms with Crippen LogP contribution in [0.15, 0.2) is 51.2 Å². The lowest BCUT2D eigenvalue weighted by Gasteiger charge is -2.16. The Kier molecular flexibility index (Phi) is 4.97. The number of halogens is 1. The molecule has 3 aromatic heterocycles. The second kappa shape index (κ2) is 7.57. The number of nitrogens with one attached hydrogen (secondary N) is 1. The molecule has 0 bridgehead atoms. The summed E-state index contributed by atoms with van der Waals surface area (Å²) < 4.78 is 24.2. The zero-order valence-electron chi connectivity index (χ0n) is 15.4. The molecule has 4 rings (SSSR count). The lowest BCUT2D eigenvalue weighted by Crippen LogP contribution is -2.21. The summed E-state index contributed by atoms with van der Waals surface area (Å²) in [6.07, 6.45) is 1.58. The summed E-state index contributed by atoms with van der Waals surface area (Å²) in [5.74, 6) is 1.02. The summed E-state index contributed by atoms with van der Waals surface area (Å²) in [7, 11) is 3.32. The van der Waals surface area contributed by atoms with E-state index in [1.54, 1.807) is 18.4 Å². The normalized spacial score (nSPS) is 11.4. The van der Waals surface area contributed by atoms with Crippen LogP contribution in [0.4, 0.5) is 4.39 Å². The highest BCUT2D eigenvalue weighted by atomic mass is 32.1. The number of thiophene rings is 1. The van der Waals surface area contributed by atoms with E-state index in [1.165, 1.54) is 24.5 Å². The molecule has 144 valence electrons. The number of hydrogen-bond acceptors (Lipinski definition) is 6. The predicted octanol–water partition coefficient (Wildman–Crippen LogP) is 4.02. The Labute approximate surface area is 164 Å². The number of nitrogens with zero attached hydrogens (tertiary/aromatic N) is 2.